The fourth-order valence-electron chi connectivity index (χ4n) is 1.71. The van der Waals surface area contributed by atoms with E-state index in [0.29, 0.717) is 18.0 Å². The predicted molar refractivity (Wildman–Crippen MR) is 65.0 cm³/mol. The molecule has 0 amide bonds. The summed E-state index contributed by atoms with van der Waals surface area (Å²) in [5, 5.41) is 6.93. The van der Waals surface area contributed by atoms with Gasteiger partial charge in [-0.1, -0.05) is 0 Å². The number of benzene rings is 1. The van der Waals surface area contributed by atoms with Crippen LogP contribution in [0, 0.1) is 0 Å². The average Bonchev–Trinajstić information content (AvgIpc) is 2.86. The lowest BCUT2D eigenvalue weighted by molar-refractivity contribution is 0.355. The second kappa shape index (κ2) is 4.88. The Morgan fingerprint density at radius 3 is 2.65 bits per heavy atom. The van der Waals surface area contributed by atoms with E-state index in [2.05, 4.69) is 10.2 Å². The minimum absolute atomic E-state index is 0.445. The molecule has 0 saturated carbocycles. The number of nitrogens with one attached hydrogen (secondary N) is 1. The lowest BCUT2D eigenvalue weighted by atomic mass is 10.1. The van der Waals surface area contributed by atoms with Crippen molar-refractivity contribution < 1.29 is 9.47 Å². The first-order valence-electron chi connectivity index (χ1n) is 5.25. The molecule has 0 atom stereocenters. The Hall–Kier alpha value is -2.01. The third-order valence-electron chi connectivity index (χ3n) is 2.61. The average molecular weight is 233 g/mol. The molecular weight excluding hydrogens is 218 g/mol. The van der Waals surface area contributed by atoms with Crippen molar-refractivity contribution in [2.24, 2.45) is 5.73 Å². The van der Waals surface area contributed by atoms with Gasteiger partial charge in [-0.3, -0.25) is 5.10 Å². The maximum atomic E-state index is 5.64. The standard InChI is InChI=1S/C12H15N3O2/c1-16-10-4-3-8(5-11(10)17-2)12-9(6-13)7-14-15-12/h3-5,7H,6,13H2,1-2H3,(H,14,15). The van der Waals surface area contributed by atoms with Crippen molar-refractivity contribution in [3.63, 3.8) is 0 Å². The largest absolute Gasteiger partial charge is 0.493 e. The molecule has 0 saturated heterocycles. The summed E-state index contributed by atoms with van der Waals surface area (Å²) < 4.78 is 10.4. The van der Waals surface area contributed by atoms with E-state index in [4.69, 9.17) is 15.2 Å². The molecule has 3 N–H and O–H groups in total. The lowest BCUT2D eigenvalue weighted by Crippen LogP contribution is -1.97. The van der Waals surface area contributed by atoms with E-state index in [-0.39, 0.29) is 0 Å². The van der Waals surface area contributed by atoms with Crippen molar-refractivity contribution in [3.05, 3.63) is 30.0 Å². The van der Waals surface area contributed by atoms with Crippen molar-refractivity contribution >= 4 is 0 Å². The highest BCUT2D eigenvalue weighted by Gasteiger charge is 2.10. The Morgan fingerprint density at radius 1 is 1.24 bits per heavy atom. The molecule has 0 fully saturated rings. The van der Waals surface area contributed by atoms with E-state index in [1.165, 1.54) is 0 Å². The van der Waals surface area contributed by atoms with Crippen LogP contribution in [0.2, 0.25) is 0 Å². The maximum absolute atomic E-state index is 5.64. The maximum Gasteiger partial charge on any atom is 0.161 e. The molecule has 2 rings (SSSR count). The number of nitrogens with two attached hydrogens (primary N) is 1. The van der Waals surface area contributed by atoms with Gasteiger partial charge in [0.25, 0.3) is 0 Å². The SMILES string of the molecule is COc1ccc(-c2[nH]ncc2CN)cc1OC. The van der Waals surface area contributed by atoms with E-state index in [1.807, 2.05) is 18.2 Å². The Bertz CT molecular complexity index is 508. The van der Waals surface area contributed by atoms with Crippen molar-refractivity contribution in [2.45, 2.75) is 6.54 Å². The number of nitrogens with zero attached hydrogens (tertiary/aromatic N) is 1. The van der Waals surface area contributed by atoms with Gasteiger partial charge in [0.15, 0.2) is 11.5 Å². The lowest BCUT2D eigenvalue weighted by Gasteiger charge is -2.09. The van der Waals surface area contributed by atoms with E-state index in [9.17, 15) is 0 Å². The Morgan fingerprint density at radius 2 is 2.00 bits per heavy atom. The molecule has 0 aliphatic heterocycles. The number of aromatic amines is 1. The van der Waals surface area contributed by atoms with Crippen molar-refractivity contribution in [3.8, 4) is 22.8 Å². The van der Waals surface area contributed by atoms with E-state index < -0.39 is 0 Å². The number of hydrogen-bond donors (Lipinski definition) is 2. The van der Waals surface area contributed by atoms with Gasteiger partial charge in [-0.2, -0.15) is 5.10 Å². The fraction of sp³-hybridized carbons (Fsp3) is 0.250. The number of rotatable bonds is 4. The smallest absolute Gasteiger partial charge is 0.161 e. The van der Waals surface area contributed by atoms with Gasteiger partial charge in [-0.05, 0) is 18.2 Å². The van der Waals surface area contributed by atoms with Crippen LogP contribution in [-0.4, -0.2) is 24.4 Å². The van der Waals surface area contributed by atoms with Gasteiger partial charge < -0.3 is 15.2 Å². The summed E-state index contributed by atoms with van der Waals surface area (Å²) in [5.41, 5.74) is 8.50. The zero-order chi connectivity index (χ0) is 12.3. The molecule has 5 heteroatoms. The van der Waals surface area contributed by atoms with Crippen LogP contribution in [0.5, 0.6) is 11.5 Å². The fourth-order valence-corrected chi connectivity index (χ4v) is 1.71. The summed E-state index contributed by atoms with van der Waals surface area (Å²) >= 11 is 0. The van der Waals surface area contributed by atoms with Crippen LogP contribution in [0.25, 0.3) is 11.3 Å². The van der Waals surface area contributed by atoms with Crippen molar-refractivity contribution in [2.75, 3.05) is 14.2 Å². The molecule has 1 aromatic carbocycles. The first-order valence-corrected chi connectivity index (χ1v) is 5.25. The second-order valence-electron chi connectivity index (χ2n) is 3.54. The van der Waals surface area contributed by atoms with Gasteiger partial charge in [-0.25, -0.2) is 0 Å². The predicted octanol–water partition coefficient (Wildman–Crippen LogP) is 1.55. The monoisotopic (exact) mass is 233 g/mol. The molecule has 17 heavy (non-hydrogen) atoms. The molecule has 1 heterocycles. The Labute approximate surface area is 99.5 Å². The summed E-state index contributed by atoms with van der Waals surface area (Å²) in [6.45, 7) is 0.445. The first kappa shape index (κ1) is 11.5. The molecule has 0 spiro atoms. The summed E-state index contributed by atoms with van der Waals surface area (Å²) in [6.07, 6.45) is 1.73. The molecule has 0 aliphatic carbocycles. The molecule has 0 aliphatic rings. The molecule has 90 valence electrons. The van der Waals surface area contributed by atoms with Gasteiger partial charge in [0, 0.05) is 17.7 Å². The Balaban J connectivity index is 2.46. The van der Waals surface area contributed by atoms with Gasteiger partial charge in [-0.15, -0.1) is 0 Å². The molecule has 2 aromatic rings. The van der Waals surface area contributed by atoms with Gasteiger partial charge in [0.1, 0.15) is 0 Å². The molecule has 0 unspecified atom stereocenters. The minimum Gasteiger partial charge on any atom is -0.493 e. The van der Waals surface area contributed by atoms with Gasteiger partial charge in [0.2, 0.25) is 0 Å². The summed E-state index contributed by atoms with van der Waals surface area (Å²) in [6, 6.07) is 5.69. The summed E-state index contributed by atoms with van der Waals surface area (Å²) in [5.74, 6) is 1.38. The third kappa shape index (κ3) is 2.09. The van der Waals surface area contributed by atoms with Crippen LogP contribution in [0.3, 0.4) is 0 Å². The van der Waals surface area contributed by atoms with E-state index in [1.54, 1.807) is 20.4 Å². The molecular formula is C12H15N3O2. The summed E-state index contributed by atoms with van der Waals surface area (Å²) in [4.78, 5) is 0. The second-order valence-corrected chi connectivity index (χ2v) is 3.54. The van der Waals surface area contributed by atoms with E-state index in [0.717, 1.165) is 16.8 Å². The zero-order valence-electron chi connectivity index (χ0n) is 9.86. The topological polar surface area (TPSA) is 73.2 Å². The van der Waals surface area contributed by atoms with Crippen LogP contribution in [0.15, 0.2) is 24.4 Å². The number of methoxy groups -OCH3 is 2. The number of ether oxygens (including phenoxy) is 2. The minimum atomic E-state index is 0.445. The normalized spacial score (nSPS) is 10.3. The van der Waals surface area contributed by atoms with Crippen LogP contribution >= 0.6 is 0 Å². The highest BCUT2D eigenvalue weighted by atomic mass is 16.5. The highest BCUT2D eigenvalue weighted by Crippen LogP contribution is 2.32. The first-order chi connectivity index (χ1) is 8.30. The number of hydrogen-bond acceptors (Lipinski definition) is 4. The molecule has 0 bridgehead atoms. The van der Waals surface area contributed by atoms with Gasteiger partial charge >= 0.3 is 0 Å². The molecule has 1 aromatic heterocycles. The molecule has 5 nitrogen and oxygen atoms in total. The van der Waals surface area contributed by atoms with Gasteiger partial charge in [0.05, 0.1) is 26.1 Å². The zero-order valence-corrected chi connectivity index (χ0v) is 9.86. The van der Waals surface area contributed by atoms with Crippen molar-refractivity contribution in [1.29, 1.82) is 0 Å². The number of H-pyrrole nitrogens is 1. The summed E-state index contributed by atoms with van der Waals surface area (Å²) in [7, 11) is 3.22. The van der Waals surface area contributed by atoms with Crippen LogP contribution in [-0.2, 0) is 6.54 Å². The Kier molecular flexibility index (Phi) is 3.30. The third-order valence-corrected chi connectivity index (χ3v) is 2.61. The van der Waals surface area contributed by atoms with Crippen LogP contribution < -0.4 is 15.2 Å². The van der Waals surface area contributed by atoms with E-state index >= 15 is 0 Å². The molecule has 0 radical (unpaired) electrons. The highest BCUT2D eigenvalue weighted by molar-refractivity contribution is 5.66. The van der Waals surface area contributed by atoms with Crippen LogP contribution in [0.4, 0.5) is 0 Å². The van der Waals surface area contributed by atoms with Crippen LogP contribution in [0.1, 0.15) is 5.56 Å². The quantitative estimate of drug-likeness (QED) is 0.840. The van der Waals surface area contributed by atoms with Crippen molar-refractivity contribution in [1.82, 2.24) is 10.2 Å². The number of aromatic nitrogens is 2.